The van der Waals surface area contributed by atoms with Gasteiger partial charge in [0.15, 0.2) is 0 Å². The van der Waals surface area contributed by atoms with Gasteiger partial charge in [0.25, 0.3) is 0 Å². The molecule has 0 aliphatic carbocycles. The summed E-state index contributed by atoms with van der Waals surface area (Å²) in [7, 11) is 3.87. The minimum absolute atomic E-state index is 0.254. The lowest BCUT2D eigenvalue weighted by Gasteiger charge is -2.23. The molecule has 5 nitrogen and oxygen atoms in total. The van der Waals surface area contributed by atoms with Gasteiger partial charge in [0, 0.05) is 19.6 Å². The Balaban J connectivity index is 2.50. The van der Waals surface area contributed by atoms with E-state index in [1.54, 1.807) is 13.8 Å². The zero-order valence-corrected chi connectivity index (χ0v) is 14.2. The Bertz CT molecular complexity index is 507. The fraction of sp³-hybridized carbons (Fsp3) is 0.529. The van der Waals surface area contributed by atoms with Crippen molar-refractivity contribution in [3.63, 3.8) is 0 Å². The van der Waals surface area contributed by atoms with E-state index in [9.17, 15) is 9.59 Å². The molecule has 0 aromatic heterocycles. The van der Waals surface area contributed by atoms with Crippen LogP contribution in [0.5, 0.6) is 0 Å². The summed E-state index contributed by atoms with van der Waals surface area (Å²) in [5.74, 6) is -0.522. The third-order valence-electron chi connectivity index (χ3n) is 3.55. The first-order chi connectivity index (χ1) is 10.2. The average Bonchev–Trinajstić information content (AvgIpc) is 2.45. The number of benzene rings is 1. The number of aryl methyl sites for hydroxylation is 1. The fourth-order valence-electron chi connectivity index (χ4n) is 1.83. The van der Waals surface area contributed by atoms with Crippen LogP contribution in [0.4, 0.5) is 0 Å². The summed E-state index contributed by atoms with van der Waals surface area (Å²) in [4.78, 5) is 26.4. The lowest BCUT2D eigenvalue weighted by atomic mass is 9.91. The molecule has 0 aliphatic rings. The summed E-state index contributed by atoms with van der Waals surface area (Å²) < 4.78 is 0. The third kappa shape index (κ3) is 5.48. The van der Waals surface area contributed by atoms with Crippen LogP contribution in [0.2, 0.25) is 0 Å². The highest BCUT2D eigenvalue weighted by Gasteiger charge is 2.35. The van der Waals surface area contributed by atoms with E-state index in [-0.39, 0.29) is 11.8 Å². The van der Waals surface area contributed by atoms with Gasteiger partial charge < -0.3 is 15.5 Å². The molecule has 0 bridgehead atoms. The van der Waals surface area contributed by atoms with Gasteiger partial charge in [0.1, 0.15) is 5.41 Å². The first kappa shape index (κ1) is 18.2. The quantitative estimate of drug-likeness (QED) is 0.747. The van der Waals surface area contributed by atoms with E-state index in [0.29, 0.717) is 13.1 Å². The molecule has 5 heteroatoms. The summed E-state index contributed by atoms with van der Waals surface area (Å²) in [6.07, 6.45) is 0. The molecule has 122 valence electrons. The highest BCUT2D eigenvalue weighted by molar-refractivity contribution is 6.04. The number of nitrogens with one attached hydrogen (secondary N) is 2. The van der Waals surface area contributed by atoms with Crippen LogP contribution in [0.25, 0.3) is 0 Å². The molecule has 2 amide bonds. The van der Waals surface area contributed by atoms with E-state index in [4.69, 9.17) is 0 Å². The molecule has 1 aromatic rings. The molecule has 0 atom stereocenters. The normalized spacial score (nSPS) is 11.4. The molecule has 0 saturated carbocycles. The third-order valence-corrected chi connectivity index (χ3v) is 3.55. The van der Waals surface area contributed by atoms with Crippen LogP contribution in [0.1, 0.15) is 25.0 Å². The maximum absolute atomic E-state index is 12.3. The Morgan fingerprint density at radius 1 is 1.05 bits per heavy atom. The topological polar surface area (TPSA) is 61.4 Å². The standard InChI is InChI=1S/C17H27N3O2/c1-13-6-8-14(9-7-13)12-19-16(22)17(2,3)15(21)18-10-11-20(4)5/h6-9H,10-12H2,1-5H3,(H,18,21)(H,19,22). The predicted octanol–water partition coefficient (Wildman–Crippen LogP) is 1.32. The minimum Gasteiger partial charge on any atom is -0.354 e. The van der Waals surface area contributed by atoms with Gasteiger partial charge in [-0.3, -0.25) is 9.59 Å². The fourth-order valence-corrected chi connectivity index (χ4v) is 1.83. The summed E-state index contributed by atoms with van der Waals surface area (Å²) in [5, 5.41) is 5.63. The van der Waals surface area contributed by atoms with Crippen molar-refractivity contribution in [3.8, 4) is 0 Å². The van der Waals surface area contributed by atoms with Crippen LogP contribution in [-0.2, 0) is 16.1 Å². The second kappa shape index (κ2) is 7.94. The van der Waals surface area contributed by atoms with E-state index in [0.717, 1.165) is 12.1 Å². The average molecular weight is 305 g/mol. The summed E-state index contributed by atoms with van der Waals surface area (Å²) in [5.41, 5.74) is 1.11. The molecule has 0 spiro atoms. The Morgan fingerprint density at radius 2 is 1.59 bits per heavy atom. The molecule has 0 aliphatic heterocycles. The second-order valence-electron chi connectivity index (χ2n) is 6.35. The molecule has 2 N–H and O–H groups in total. The molecule has 0 heterocycles. The smallest absolute Gasteiger partial charge is 0.235 e. The number of amides is 2. The van der Waals surface area contributed by atoms with Gasteiger partial charge in [-0.2, -0.15) is 0 Å². The number of rotatable bonds is 7. The van der Waals surface area contributed by atoms with E-state index in [1.807, 2.05) is 50.2 Å². The molecular formula is C17H27N3O2. The zero-order chi connectivity index (χ0) is 16.8. The molecule has 1 rings (SSSR count). The molecule has 0 fully saturated rings. The maximum Gasteiger partial charge on any atom is 0.235 e. The molecular weight excluding hydrogens is 278 g/mol. The highest BCUT2D eigenvalue weighted by atomic mass is 16.2. The largest absolute Gasteiger partial charge is 0.354 e. The van der Waals surface area contributed by atoms with Crippen molar-refractivity contribution >= 4 is 11.8 Å². The Kier molecular flexibility index (Phi) is 6.56. The van der Waals surface area contributed by atoms with Gasteiger partial charge in [-0.25, -0.2) is 0 Å². The van der Waals surface area contributed by atoms with Crippen molar-refractivity contribution in [2.75, 3.05) is 27.2 Å². The van der Waals surface area contributed by atoms with Gasteiger partial charge in [-0.1, -0.05) is 29.8 Å². The van der Waals surface area contributed by atoms with Crippen LogP contribution < -0.4 is 10.6 Å². The SMILES string of the molecule is Cc1ccc(CNC(=O)C(C)(C)C(=O)NCCN(C)C)cc1. The lowest BCUT2D eigenvalue weighted by molar-refractivity contribution is -0.141. The van der Waals surface area contributed by atoms with Gasteiger partial charge in [-0.05, 0) is 40.4 Å². The molecule has 0 radical (unpaired) electrons. The van der Waals surface area contributed by atoms with Gasteiger partial charge in [0.2, 0.25) is 11.8 Å². The molecule has 0 unspecified atom stereocenters. The number of likely N-dealkylation sites (N-methyl/N-ethyl adjacent to an activating group) is 1. The number of carbonyl (C=O) groups is 2. The summed E-state index contributed by atoms with van der Waals surface area (Å²) >= 11 is 0. The molecule has 1 aromatic carbocycles. The van der Waals surface area contributed by atoms with Crippen LogP contribution in [0, 0.1) is 12.3 Å². The monoisotopic (exact) mass is 305 g/mol. The minimum atomic E-state index is -1.09. The van der Waals surface area contributed by atoms with Crippen LogP contribution in [0.3, 0.4) is 0 Å². The van der Waals surface area contributed by atoms with Crippen molar-refractivity contribution in [3.05, 3.63) is 35.4 Å². The van der Waals surface area contributed by atoms with E-state index < -0.39 is 5.41 Å². The van der Waals surface area contributed by atoms with Crippen molar-refractivity contribution < 1.29 is 9.59 Å². The number of carbonyl (C=O) groups excluding carboxylic acids is 2. The zero-order valence-electron chi connectivity index (χ0n) is 14.2. The van der Waals surface area contributed by atoms with Gasteiger partial charge >= 0.3 is 0 Å². The van der Waals surface area contributed by atoms with Crippen molar-refractivity contribution in [1.82, 2.24) is 15.5 Å². The van der Waals surface area contributed by atoms with Crippen molar-refractivity contribution in [2.45, 2.75) is 27.3 Å². The molecule has 0 saturated heterocycles. The van der Waals surface area contributed by atoms with Crippen LogP contribution in [-0.4, -0.2) is 43.9 Å². The van der Waals surface area contributed by atoms with Crippen molar-refractivity contribution in [1.29, 1.82) is 0 Å². The maximum atomic E-state index is 12.3. The van der Waals surface area contributed by atoms with Gasteiger partial charge in [0.05, 0.1) is 0 Å². The van der Waals surface area contributed by atoms with Crippen molar-refractivity contribution in [2.24, 2.45) is 5.41 Å². The summed E-state index contributed by atoms with van der Waals surface area (Å²) in [6.45, 7) is 7.00. The summed E-state index contributed by atoms with van der Waals surface area (Å²) in [6, 6.07) is 7.95. The number of hydrogen-bond donors (Lipinski definition) is 2. The molecule has 22 heavy (non-hydrogen) atoms. The lowest BCUT2D eigenvalue weighted by Crippen LogP contribution is -2.48. The first-order valence-corrected chi connectivity index (χ1v) is 7.50. The highest BCUT2D eigenvalue weighted by Crippen LogP contribution is 2.15. The van der Waals surface area contributed by atoms with Crippen LogP contribution in [0.15, 0.2) is 24.3 Å². The predicted molar refractivity (Wildman–Crippen MR) is 88.4 cm³/mol. The van der Waals surface area contributed by atoms with Crippen LogP contribution >= 0.6 is 0 Å². The van der Waals surface area contributed by atoms with Gasteiger partial charge in [-0.15, -0.1) is 0 Å². The van der Waals surface area contributed by atoms with E-state index >= 15 is 0 Å². The van der Waals surface area contributed by atoms with E-state index in [1.165, 1.54) is 5.56 Å². The first-order valence-electron chi connectivity index (χ1n) is 7.50. The Hall–Kier alpha value is -1.88. The van der Waals surface area contributed by atoms with E-state index in [2.05, 4.69) is 10.6 Å². The number of hydrogen-bond acceptors (Lipinski definition) is 3. The number of nitrogens with zero attached hydrogens (tertiary/aromatic N) is 1. The second-order valence-corrected chi connectivity index (χ2v) is 6.35. The Morgan fingerprint density at radius 3 is 2.14 bits per heavy atom. The Labute approximate surface area is 133 Å².